The Morgan fingerprint density at radius 2 is 1.75 bits per heavy atom. The summed E-state index contributed by atoms with van der Waals surface area (Å²) in [4.78, 5) is 43.5. The van der Waals surface area contributed by atoms with E-state index in [4.69, 9.17) is 19.9 Å². The second kappa shape index (κ2) is 16.3. The van der Waals surface area contributed by atoms with Gasteiger partial charge in [-0.25, -0.2) is 0 Å². The number of ether oxygens (including phenoxy) is 1. The molecular weight excluding hydrogens is 560 g/mol. The Bertz CT molecular complexity index is 1500. The number of hydrogen-bond acceptors (Lipinski definition) is 6. The van der Waals surface area contributed by atoms with Crippen molar-refractivity contribution in [3.05, 3.63) is 88.0 Å². The van der Waals surface area contributed by atoms with Crippen LogP contribution in [-0.4, -0.2) is 57.2 Å². The van der Waals surface area contributed by atoms with Crippen LogP contribution in [0.4, 0.5) is 0 Å². The SMILES string of the molecule is COc1cc(C)cc(C(CC(=O)O)CC(C)NC(=O)c2ccc3c(c2)BOC3)c1.NC(=O)c1ccc2c(c1)BCC2.NC=O. The number of carboxylic acid groups (broad SMARTS) is 1. The van der Waals surface area contributed by atoms with E-state index in [1.807, 2.05) is 62.4 Å². The molecule has 2 aliphatic rings. The summed E-state index contributed by atoms with van der Waals surface area (Å²) < 4.78 is 10.7. The van der Waals surface area contributed by atoms with Gasteiger partial charge in [0.25, 0.3) is 5.91 Å². The van der Waals surface area contributed by atoms with E-state index in [0.717, 1.165) is 35.9 Å². The average molecular weight is 599 g/mol. The van der Waals surface area contributed by atoms with E-state index in [-0.39, 0.29) is 36.6 Å². The average Bonchev–Trinajstić information content (AvgIpc) is 3.65. The van der Waals surface area contributed by atoms with Crippen molar-refractivity contribution in [1.82, 2.24) is 5.32 Å². The Morgan fingerprint density at radius 1 is 1.07 bits per heavy atom. The van der Waals surface area contributed by atoms with Crippen LogP contribution in [0.3, 0.4) is 0 Å². The van der Waals surface area contributed by atoms with Gasteiger partial charge in [0.1, 0.15) is 5.75 Å². The number of aryl methyl sites for hydroxylation is 2. The largest absolute Gasteiger partial charge is 0.497 e. The lowest BCUT2D eigenvalue weighted by molar-refractivity contribution is -0.137. The summed E-state index contributed by atoms with van der Waals surface area (Å²) in [6.07, 6.45) is 3.10. The highest BCUT2D eigenvalue weighted by Crippen LogP contribution is 2.29. The van der Waals surface area contributed by atoms with Crippen LogP contribution in [-0.2, 0) is 27.3 Å². The number of methoxy groups -OCH3 is 1. The van der Waals surface area contributed by atoms with Gasteiger partial charge in [-0.15, -0.1) is 0 Å². The number of rotatable bonds is 9. The standard InChI is InChI=1S/C22H26BNO5.C9H10BNO.CH3NO/c1-13-6-17(9-19(7-13)28-3)18(11-21(25)26)8-14(2)24-22(27)15-4-5-16-12-29-23-20(16)10-15;11-9(12)7-2-1-6-3-4-10-8(6)5-7;2-1-3/h4-7,9-10,14,18,23H,8,11-12H2,1-3H3,(H,24,27)(H,25,26);1-2,5,10H,3-4H2,(H2,11,12);1H,(H2,2,3). The van der Waals surface area contributed by atoms with Crippen LogP contribution in [0.15, 0.2) is 54.6 Å². The molecule has 0 spiro atoms. The van der Waals surface area contributed by atoms with Gasteiger partial charge >= 0.3 is 13.5 Å². The van der Waals surface area contributed by atoms with Crippen molar-refractivity contribution in [2.75, 3.05) is 7.11 Å². The minimum Gasteiger partial charge on any atom is -0.497 e. The number of carbonyl (C=O) groups excluding carboxylic acids is 3. The Kier molecular flexibility index (Phi) is 12.6. The number of nitrogens with two attached hydrogens (primary N) is 2. The minimum atomic E-state index is -0.868. The number of nitrogens with one attached hydrogen (secondary N) is 1. The molecule has 0 aromatic heterocycles. The zero-order valence-electron chi connectivity index (χ0n) is 25.4. The van der Waals surface area contributed by atoms with Crippen molar-refractivity contribution in [3.8, 4) is 5.75 Å². The van der Waals surface area contributed by atoms with Crippen LogP contribution >= 0.6 is 0 Å². The molecule has 0 radical (unpaired) electrons. The Hall–Kier alpha value is -4.57. The maximum atomic E-state index is 12.7. The highest BCUT2D eigenvalue weighted by molar-refractivity contribution is 6.55. The molecule has 0 saturated carbocycles. The lowest BCUT2D eigenvalue weighted by atomic mass is 9.72. The number of benzene rings is 3. The highest BCUT2D eigenvalue weighted by atomic mass is 16.5. The van der Waals surface area contributed by atoms with Crippen LogP contribution < -0.4 is 32.4 Å². The molecule has 0 saturated heterocycles. The first-order valence-corrected chi connectivity index (χ1v) is 14.5. The zero-order valence-corrected chi connectivity index (χ0v) is 25.4. The van der Waals surface area contributed by atoms with Crippen LogP contribution in [0.5, 0.6) is 5.75 Å². The molecule has 0 bridgehead atoms. The Balaban J connectivity index is 0.000000290. The Morgan fingerprint density at radius 3 is 2.43 bits per heavy atom. The quantitative estimate of drug-likeness (QED) is 0.212. The van der Waals surface area contributed by atoms with E-state index < -0.39 is 5.97 Å². The maximum Gasteiger partial charge on any atom is 0.309 e. The summed E-state index contributed by atoms with van der Waals surface area (Å²) in [6, 6.07) is 16.9. The molecule has 0 fully saturated rings. The second-order valence-corrected chi connectivity index (χ2v) is 11.0. The minimum absolute atomic E-state index is 0.0109. The van der Waals surface area contributed by atoms with Gasteiger partial charge in [0.05, 0.1) is 20.1 Å². The summed E-state index contributed by atoms with van der Waals surface area (Å²) in [5.74, 6) is -0.891. The van der Waals surface area contributed by atoms with Crippen LogP contribution in [0.25, 0.3) is 0 Å². The molecule has 6 N–H and O–H groups in total. The number of amides is 3. The number of carboxylic acids is 1. The van der Waals surface area contributed by atoms with Crippen molar-refractivity contribution in [2.24, 2.45) is 11.5 Å². The molecule has 2 unspecified atom stereocenters. The molecule has 44 heavy (non-hydrogen) atoms. The fraction of sp³-hybridized carbons (Fsp3) is 0.312. The third kappa shape index (κ3) is 9.74. The van der Waals surface area contributed by atoms with Crippen molar-refractivity contribution >= 4 is 49.9 Å². The van der Waals surface area contributed by atoms with Gasteiger partial charge in [-0.05, 0) is 79.0 Å². The first-order valence-electron chi connectivity index (χ1n) is 14.5. The van der Waals surface area contributed by atoms with E-state index in [9.17, 15) is 19.5 Å². The van der Waals surface area contributed by atoms with Crippen LogP contribution in [0.1, 0.15) is 68.7 Å². The predicted molar refractivity (Wildman–Crippen MR) is 173 cm³/mol. The summed E-state index contributed by atoms with van der Waals surface area (Å²) in [5, 5.41) is 12.4. The van der Waals surface area contributed by atoms with Gasteiger partial charge in [0, 0.05) is 17.2 Å². The molecule has 3 amide bonds. The summed E-state index contributed by atoms with van der Waals surface area (Å²) in [5.41, 5.74) is 17.3. The van der Waals surface area contributed by atoms with Gasteiger partial charge in [0.15, 0.2) is 7.28 Å². The van der Waals surface area contributed by atoms with E-state index in [0.29, 0.717) is 37.4 Å². The van der Waals surface area contributed by atoms with Gasteiger partial charge in [0.2, 0.25) is 12.3 Å². The fourth-order valence-corrected chi connectivity index (χ4v) is 5.51. The highest BCUT2D eigenvalue weighted by Gasteiger charge is 2.22. The van der Waals surface area contributed by atoms with Gasteiger partial charge in [-0.3, -0.25) is 19.2 Å². The van der Waals surface area contributed by atoms with Gasteiger partial charge < -0.3 is 31.3 Å². The van der Waals surface area contributed by atoms with Crippen molar-refractivity contribution in [3.63, 3.8) is 0 Å². The molecule has 5 rings (SSSR count). The summed E-state index contributed by atoms with van der Waals surface area (Å²) >= 11 is 0. The van der Waals surface area contributed by atoms with Crippen molar-refractivity contribution in [2.45, 2.75) is 58.0 Å². The molecule has 2 atom stereocenters. The molecule has 10 nitrogen and oxygen atoms in total. The molecular formula is C32H39B2N3O7. The molecule has 3 aromatic carbocycles. The number of carbonyl (C=O) groups is 4. The normalized spacial score (nSPS) is 13.5. The van der Waals surface area contributed by atoms with Crippen LogP contribution in [0, 0.1) is 6.92 Å². The number of aliphatic carboxylic acids is 1. The third-order valence-corrected chi connectivity index (χ3v) is 7.58. The number of hydrogen-bond donors (Lipinski definition) is 4. The second-order valence-electron chi connectivity index (χ2n) is 11.0. The molecule has 0 aliphatic carbocycles. The predicted octanol–water partition coefficient (Wildman–Crippen LogP) is 1.20. The molecule has 12 heteroatoms. The Labute approximate surface area is 259 Å². The molecule has 2 heterocycles. The van der Waals surface area contributed by atoms with Gasteiger partial charge in [-0.1, -0.05) is 47.7 Å². The topological polar surface area (TPSA) is 171 Å². The van der Waals surface area contributed by atoms with Gasteiger partial charge in [-0.2, -0.15) is 0 Å². The van der Waals surface area contributed by atoms with E-state index in [2.05, 4.69) is 11.1 Å². The summed E-state index contributed by atoms with van der Waals surface area (Å²) in [7, 11) is 3.22. The monoisotopic (exact) mass is 599 g/mol. The summed E-state index contributed by atoms with van der Waals surface area (Å²) in [6.45, 7) is 4.44. The lowest BCUT2D eigenvalue weighted by Gasteiger charge is -2.22. The number of fused-ring (bicyclic) bond motifs is 2. The first-order chi connectivity index (χ1) is 21.0. The first kappa shape index (κ1) is 33.9. The van der Waals surface area contributed by atoms with Crippen molar-refractivity contribution < 1.29 is 33.7 Å². The zero-order chi connectivity index (χ0) is 32.2. The fourth-order valence-electron chi connectivity index (χ4n) is 5.51. The van der Waals surface area contributed by atoms with E-state index in [1.54, 1.807) is 13.2 Å². The van der Waals surface area contributed by atoms with Crippen molar-refractivity contribution in [1.29, 1.82) is 0 Å². The molecule has 230 valence electrons. The molecule has 3 aromatic rings. The maximum absolute atomic E-state index is 12.7. The van der Waals surface area contributed by atoms with E-state index in [1.165, 1.54) is 17.3 Å². The smallest absolute Gasteiger partial charge is 0.309 e. The lowest BCUT2D eigenvalue weighted by Crippen LogP contribution is -2.34. The third-order valence-electron chi connectivity index (χ3n) is 7.58. The van der Waals surface area contributed by atoms with E-state index >= 15 is 0 Å². The van der Waals surface area contributed by atoms with Crippen LogP contribution in [0.2, 0.25) is 6.32 Å². The molecule has 2 aliphatic heterocycles. The number of primary amides is 2.